The lowest BCUT2D eigenvalue weighted by Gasteiger charge is -2.37. The summed E-state index contributed by atoms with van der Waals surface area (Å²) in [7, 11) is 2.79. The normalized spacial score (nSPS) is 13.8. The Kier molecular flexibility index (Phi) is 8.95. The Bertz CT molecular complexity index is 2050. The van der Waals surface area contributed by atoms with E-state index in [1.165, 1.54) is 49.5 Å². The number of rotatable bonds is 7. The number of aromatic nitrogens is 4. The molecule has 0 radical (unpaired) electrons. The second kappa shape index (κ2) is 13.4. The van der Waals surface area contributed by atoms with Crippen molar-refractivity contribution in [1.29, 1.82) is 0 Å². The van der Waals surface area contributed by atoms with Gasteiger partial charge in [0.1, 0.15) is 17.4 Å². The summed E-state index contributed by atoms with van der Waals surface area (Å²) in [5, 5.41) is 13.2. The number of carbonyl (C=O) groups excluding carboxylic acids is 4. The maximum Gasteiger partial charge on any atom is 0.337 e. The van der Waals surface area contributed by atoms with Gasteiger partial charge in [-0.05, 0) is 65.6 Å². The van der Waals surface area contributed by atoms with E-state index in [0.717, 1.165) is 21.4 Å². The van der Waals surface area contributed by atoms with Gasteiger partial charge in [0.2, 0.25) is 0 Å². The van der Waals surface area contributed by atoms with Crippen molar-refractivity contribution >= 4 is 41.0 Å². The number of ether oxygens (including phenoxy) is 1. The van der Waals surface area contributed by atoms with Crippen LogP contribution >= 0.6 is 11.6 Å². The van der Waals surface area contributed by atoms with E-state index < -0.39 is 29.6 Å². The van der Waals surface area contributed by atoms with Gasteiger partial charge in [-0.25, -0.2) is 13.9 Å². The van der Waals surface area contributed by atoms with Crippen molar-refractivity contribution in [2.24, 2.45) is 0 Å². The van der Waals surface area contributed by atoms with Crippen LogP contribution in [0.1, 0.15) is 48.5 Å². The highest BCUT2D eigenvalue weighted by Crippen LogP contribution is 2.37. The highest BCUT2D eigenvalue weighted by molar-refractivity contribution is 6.30. The van der Waals surface area contributed by atoms with E-state index in [1.807, 2.05) is 6.07 Å². The van der Waals surface area contributed by atoms with Gasteiger partial charge in [0.15, 0.2) is 11.5 Å². The topological polar surface area (TPSA) is 148 Å². The van der Waals surface area contributed by atoms with Crippen molar-refractivity contribution in [2.75, 3.05) is 26.0 Å². The third kappa shape index (κ3) is 6.10. The minimum Gasteiger partial charge on any atom is -0.465 e. The highest BCUT2D eigenvalue weighted by atomic mass is 35.5. The first kappa shape index (κ1) is 32.0. The number of hydrogen-bond acceptors (Lipinski definition) is 8. The van der Waals surface area contributed by atoms with E-state index in [0.29, 0.717) is 23.2 Å². The number of carbonyl (C=O) groups is 4. The number of benzene rings is 3. The van der Waals surface area contributed by atoms with Gasteiger partial charge in [0.25, 0.3) is 17.7 Å². The number of fused-ring (bicyclic) bond motifs is 1. The molecule has 14 heteroatoms. The van der Waals surface area contributed by atoms with Crippen LogP contribution in [0.25, 0.3) is 16.8 Å². The molecule has 5 aromatic rings. The first-order valence-corrected chi connectivity index (χ1v) is 15.0. The molecular formula is C34H27ClFN7O5. The van der Waals surface area contributed by atoms with Crippen LogP contribution in [-0.4, -0.2) is 69.3 Å². The van der Waals surface area contributed by atoms with Gasteiger partial charge in [-0.15, -0.1) is 5.10 Å². The minimum atomic E-state index is -1.12. The summed E-state index contributed by atoms with van der Waals surface area (Å²) in [5.74, 6) is -2.69. The van der Waals surface area contributed by atoms with Crippen molar-refractivity contribution < 1.29 is 28.3 Å². The van der Waals surface area contributed by atoms with Gasteiger partial charge in [0.05, 0.1) is 23.9 Å². The molecule has 1 aliphatic rings. The summed E-state index contributed by atoms with van der Waals surface area (Å²) < 4.78 is 20.6. The van der Waals surface area contributed by atoms with E-state index in [9.17, 15) is 23.6 Å². The van der Waals surface area contributed by atoms with E-state index in [1.54, 1.807) is 48.7 Å². The lowest BCUT2D eigenvalue weighted by atomic mass is 9.86. The van der Waals surface area contributed by atoms with Gasteiger partial charge in [0, 0.05) is 31.0 Å². The molecule has 0 spiro atoms. The average Bonchev–Trinajstić information content (AvgIpc) is 3.61. The fraction of sp³-hybridized carbons (Fsp3) is 0.147. The number of amides is 3. The SMILES string of the molecule is CNC(=O)c1ccc(-c2cccc3c2CCN(C(=O)c2cn(-c4cccc(Cl)c4F)nn2)C3C(=O)Nc2ccc(C(=O)OC)cc2)cn1. The van der Waals surface area contributed by atoms with E-state index >= 15 is 0 Å². The number of methoxy groups -OCH3 is 1. The molecule has 0 saturated heterocycles. The molecule has 242 valence electrons. The Hall–Kier alpha value is -5.95. The summed E-state index contributed by atoms with van der Waals surface area (Å²) in [6, 6.07) is 18.2. The zero-order valence-electron chi connectivity index (χ0n) is 25.6. The fourth-order valence-corrected chi connectivity index (χ4v) is 5.74. The van der Waals surface area contributed by atoms with Crippen LogP contribution < -0.4 is 10.6 Å². The summed E-state index contributed by atoms with van der Waals surface area (Å²) >= 11 is 5.94. The zero-order chi connectivity index (χ0) is 33.9. The predicted octanol–water partition coefficient (Wildman–Crippen LogP) is 4.65. The molecule has 1 aliphatic heterocycles. The lowest BCUT2D eigenvalue weighted by Crippen LogP contribution is -2.45. The molecule has 0 saturated carbocycles. The van der Waals surface area contributed by atoms with Crippen molar-refractivity contribution in [3.63, 3.8) is 0 Å². The van der Waals surface area contributed by atoms with Crippen molar-refractivity contribution in [3.05, 3.63) is 124 Å². The van der Waals surface area contributed by atoms with Crippen LogP contribution in [0.4, 0.5) is 10.1 Å². The van der Waals surface area contributed by atoms with Crippen LogP contribution in [0.2, 0.25) is 5.02 Å². The van der Waals surface area contributed by atoms with E-state index in [2.05, 4.69) is 25.9 Å². The third-order valence-corrected chi connectivity index (χ3v) is 8.22. The molecule has 1 atom stereocenters. The smallest absolute Gasteiger partial charge is 0.337 e. The molecule has 2 N–H and O–H groups in total. The maximum atomic E-state index is 14.7. The van der Waals surface area contributed by atoms with Crippen LogP contribution in [0.15, 0.2) is 85.2 Å². The number of pyridine rings is 1. The molecule has 0 fully saturated rings. The number of esters is 1. The molecule has 0 aliphatic carbocycles. The number of halogens is 2. The number of nitrogens with zero attached hydrogens (tertiary/aromatic N) is 5. The van der Waals surface area contributed by atoms with Crippen molar-refractivity contribution in [3.8, 4) is 16.8 Å². The van der Waals surface area contributed by atoms with Crippen molar-refractivity contribution in [1.82, 2.24) is 30.2 Å². The minimum absolute atomic E-state index is 0.00317. The van der Waals surface area contributed by atoms with Crippen LogP contribution in [0, 0.1) is 5.82 Å². The molecule has 6 rings (SSSR count). The fourth-order valence-electron chi connectivity index (χ4n) is 5.57. The van der Waals surface area contributed by atoms with Gasteiger partial charge in [-0.1, -0.05) is 47.1 Å². The number of nitrogens with one attached hydrogen (secondary N) is 2. The van der Waals surface area contributed by atoms with Gasteiger partial charge >= 0.3 is 5.97 Å². The van der Waals surface area contributed by atoms with Gasteiger partial charge in [-0.3, -0.25) is 19.4 Å². The number of anilines is 1. The Morgan fingerprint density at radius 1 is 0.979 bits per heavy atom. The molecule has 3 amide bonds. The van der Waals surface area contributed by atoms with E-state index in [-0.39, 0.29) is 34.5 Å². The predicted molar refractivity (Wildman–Crippen MR) is 173 cm³/mol. The molecule has 12 nitrogen and oxygen atoms in total. The average molecular weight is 668 g/mol. The monoisotopic (exact) mass is 667 g/mol. The highest BCUT2D eigenvalue weighted by Gasteiger charge is 2.38. The van der Waals surface area contributed by atoms with Crippen molar-refractivity contribution in [2.45, 2.75) is 12.5 Å². The molecule has 0 bridgehead atoms. The summed E-state index contributed by atoms with van der Waals surface area (Å²) in [6.45, 7) is 0.129. The standard InChI is InChI=1S/C34H27ClFN7O5/c1-37-31(44)26-14-11-20(17-38-26)22-5-3-6-24-23(22)15-16-42(30(24)32(45)39-21-12-9-19(10-13-21)34(47)48-2)33(46)27-18-43(41-40-27)28-8-4-7-25(35)29(28)36/h3-14,17-18,30H,15-16H2,1-2H3,(H,37,44)(H,39,45). The van der Waals surface area contributed by atoms with Gasteiger partial charge < -0.3 is 20.3 Å². The molecule has 2 aromatic heterocycles. The number of hydrogen-bond donors (Lipinski definition) is 2. The summed E-state index contributed by atoms with van der Waals surface area (Å²) in [5.41, 5.74) is 3.74. The second-order valence-electron chi connectivity index (χ2n) is 10.7. The molecule has 3 heterocycles. The Morgan fingerprint density at radius 2 is 1.75 bits per heavy atom. The lowest BCUT2D eigenvalue weighted by molar-refractivity contribution is -0.121. The quantitative estimate of drug-likeness (QED) is 0.239. The summed E-state index contributed by atoms with van der Waals surface area (Å²) in [4.78, 5) is 57.8. The first-order chi connectivity index (χ1) is 23.2. The molecule has 48 heavy (non-hydrogen) atoms. The summed E-state index contributed by atoms with van der Waals surface area (Å²) in [6.07, 6.45) is 3.25. The Balaban J connectivity index is 1.37. The molecule has 1 unspecified atom stereocenters. The van der Waals surface area contributed by atoms with E-state index in [4.69, 9.17) is 16.3 Å². The Morgan fingerprint density at radius 3 is 2.46 bits per heavy atom. The molecule has 3 aromatic carbocycles. The zero-order valence-corrected chi connectivity index (χ0v) is 26.4. The first-order valence-electron chi connectivity index (χ1n) is 14.7. The van der Waals surface area contributed by atoms with Gasteiger partial charge in [-0.2, -0.15) is 0 Å². The maximum absolute atomic E-state index is 14.7. The molecular weight excluding hydrogens is 641 g/mol. The second-order valence-corrected chi connectivity index (χ2v) is 11.1. The van der Waals surface area contributed by atoms with Crippen LogP contribution in [0.3, 0.4) is 0 Å². The largest absolute Gasteiger partial charge is 0.465 e. The third-order valence-electron chi connectivity index (χ3n) is 7.93. The van der Waals surface area contributed by atoms with Crippen LogP contribution in [0.5, 0.6) is 0 Å². The Labute approximate surface area is 278 Å². The van der Waals surface area contributed by atoms with Crippen LogP contribution in [-0.2, 0) is 16.0 Å².